The van der Waals surface area contributed by atoms with Gasteiger partial charge in [0.05, 0.1) is 11.7 Å². The Morgan fingerprint density at radius 3 is 2.14 bits per heavy atom. The Kier molecular flexibility index (Phi) is 8.54. The van der Waals surface area contributed by atoms with Crippen LogP contribution in [0.1, 0.15) is 54.4 Å². The van der Waals surface area contributed by atoms with Crippen LogP contribution in [0.3, 0.4) is 0 Å². The van der Waals surface area contributed by atoms with Crippen LogP contribution in [-0.4, -0.2) is 40.6 Å². The van der Waals surface area contributed by atoms with Crippen LogP contribution in [0.25, 0.3) is 10.8 Å². The van der Waals surface area contributed by atoms with Crippen LogP contribution in [-0.2, 0) is 4.74 Å². The van der Waals surface area contributed by atoms with E-state index in [1.807, 2.05) is 70.7 Å². The molecule has 35 heavy (non-hydrogen) atoms. The SMILES string of the molecule is CC(C)(C)OC1CCCN(c2cc(F)cc(F)c2)C1.CC(C)(C)Oc1nnc(Cl)c2ccccc12. The second-order valence-corrected chi connectivity index (χ2v) is 11.0. The number of rotatable bonds is 3. The molecule has 4 rings (SSSR count). The number of nitrogens with zero attached hydrogens (tertiary/aromatic N) is 3. The minimum atomic E-state index is -0.533. The van der Waals surface area contributed by atoms with Crippen molar-refractivity contribution in [1.82, 2.24) is 10.2 Å². The first kappa shape index (κ1) is 27.1. The molecule has 1 unspecified atom stereocenters. The first-order valence-electron chi connectivity index (χ1n) is 11.8. The van der Waals surface area contributed by atoms with E-state index in [2.05, 4.69) is 10.2 Å². The molecular weight excluding hydrogens is 472 g/mol. The number of halogens is 3. The third-order valence-electron chi connectivity index (χ3n) is 5.12. The Balaban J connectivity index is 0.000000198. The van der Waals surface area contributed by atoms with Crippen molar-refractivity contribution < 1.29 is 18.3 Å². The summed E-state index contributed by atoms with van der Waals surface area (Å²) in [6, 6.07) is 11.3. The molecule has 0 saturated carbocycles. The van der Waals surface area contributed by atoms with Gasteiger partial charge in [-0.15, -0.1) is 10.2 Å². The van der Waals surface area contributed by atoms with E-state index in [9.17, 15) is 8.78 Å². The Hall–Kier alpha value is -2.51. The number of fused-ring (bicyclic) bond motifs is 1. The molecule has 2 aromatic carbocycles. The van der Waals surface area contributed by atoms with Crippen LogP contribution in [0, 0.1) is 11.6 Å². The van der Waals surface area contributed by atoms with Crippen LogP contribution in [0.2, 0.25) is 5.15 Å². The van der Waals surface area contributed by atoms with Crippen LogP contribution < -0.4 is 9.64 Å². The van der Waals surface area contributed by atoms with E-state index < -0.39 is 11.6 Å². The summed E-state index contributed by atoms with van der Waals surface area (Å²) in [6.45, 7) is 13.5. The number of hydrogen-bond acceptors (Lipinski definition) is 5. The van der Waals surface area contributed by atoms with Gasteiger partial charge < -0.3 is 14.4 Å². The maximum Gasteiger partial charge on any atom is 0.242 e. The van der Waals surface area contributed by atoms with Crippen molar-refractivity contribution >= 4 is 28.1 Å². The smallest absolute Gasteiger partial charge is 0.242 e. The minimum absolute atomic E-state index is 0.111. The molecule has 1 saturated heterocycles. The lowest BCUT2D eigenvalue weighted by atomic mass is 10.1. The third-order valence-corrected chi connectivity index (χ3v) is 5.40. The monoisotopic (exact) mass is 505 g/mol. The fourth-order valence-corrected chi connectivity index (χ4v) is 4.11. The lowest BCUT2D eigenvalue weighted by Gasteiger charge is -2.37. The Labute approximate surface area is 211 Å². The molecule has 0 aliphatic carbocycles. The summed E-state index contributed by atoms with van der Waals surface area (Å²) in [5, 5.41) is 10.0. The summed E-state index contributed by atoms with van der Waals surface area (Å²) in [5.74, 6) is -0.546. The molecule has 5 nitrogen and oxygen atoms in total. The van der Waals surface area contributed by atoms with E-state index >= 15 is 0 Å². The molecule has 1 atom stereocenters. The van der Waals surface area contributed by atoms with Gasteiger partial charge >= 0.3 is 0 Å². The molecule has 190 valence electrons. The zero-order valence-electron chi connectivity index (χ0n) is 21.2. The highest BCUT2D eigenvalue weighted by Gasteiger charge is 2.25. The van der Waals surface area contributed by atoms with E-state index in [0.717, 1.165) is 36.2 Å². The van der Waals surface area contributed by atoms with Crippen LogP contribution in [0.5, 0.6) is 5.88 Å². The minimum Gasteiger partial charge on any atom is -0.470 e. The van der Waals surface area contributed by atoms with Gasteiger partial charge in [-0.2, -0.15) is 0 Å². The molecule has 1 fully saturated rings. The predicted octanol–water partition coefficient (Wildman–Crippen LogP) is 7.21. The van der Waals surface area contributed by atoms with E-state index in [-0.39, 0.29) is 17.3 Å². The Morgan fingerprint density at radius 2 is 1.54 bits per heavy atom. The van der Waals surface area contributed by atoms with Crippen LogP contribution in [0.15, 0.2) is 42.5 Å². The quantitative estimate of drug-likeness (QED) is 0.376. The van der Waals surface area contributed by atoms with Crippen molar-refractivity contribution in [1.29, 1.82) is 0 Å². The van der Waals surface area contributed by atoms with Gasteiger partial charge in [0, 0.05) is 35.6 Å². The van der Waals surface area contributed by atoms with E-state index in [4.69, 9.17) is 21.1 Å². The van der Waals surface area contributed by atoms with Crippen molar-refractivity contribution in [3.63, 3.8) is 0 Å². The fraction of sp³-hybridized carbons (Fsp3) is 0.481. The number of anilines is 1. The van der Waals surface area contributed by atoms with E-state index in [1.54, 1.807) is 0 Å². The van der Waals surface area contributed by atoms with Crippen molar-refractivity contribution in [3.05, 3.63) is 59.3 Å². The van der Waals surface area contributed by atoms with E-state index in [0.29, 0.717) is 23.3 Å². The van der Waals surface area contributed by atoms with Crippen molar-refractivity contribution in [3.8, 4) is 5.88 Å². The number of aromatic nitrogens is 2. The summed E-state index contributed by atoms with van der Waals surface area (Å²) in [5.41, 5.74) is 0.103. The highest BCUT2D eigenvalue weighted by molar-refractivity contribution is 6.34. The molecular formula is C27H34ClF2N3O2. The van der Waals surface area contributed by atoms with E-state index in [1.165, 1.54) is 12.1 Å². The highest BCUT2D eigenvalue weighted by atomic mass is 35.5. The fourth-order valence-electron chi connectivity index (χ4n) is 3.90. The summed E-state index contributed by atoms with van der Waals surface area (Å²) in [4.78, 5) is 1.99. The summed E-state index contributed by atoms with van der Waals surface area (Å²) in [7, 11) is 0. The van der Waals surface area contributed by atoms with Gasteiger partial charge in [0.1, 0.15) is 17.2 Å². The lowest BCUT2D eigenvalue weighted by molar-refractivity contribution is -0.0635. The average molecular weight is 506 g/mol. The van der Waals surface area contributed by atoms with Crippen LogP contribution in [0.4, 0.5) is 14.5 Å². The number of piperidine rings is 1. The molecule has 1 aliphatic rings. The summed E-state index contributed by atoms with van der Waals surface area (Å²) < 4.78 is 38.2. The number of ether oxygens (including phenoxy) is 2. The van der Waals surface area contributed by atoms with Crippen molar-refractivity contribution in [2.24, 2.45) is 0 Å². The predicted molar refractivity (Wildman–Crippen MR) is 137 cm³/mol. The molecule has 8 heteroatoms. The number of benzene rings is 2. The van der Waals surface area contributed by atoms with Crippen molar-refractivity contribution in [2.75, 3.05) is 18.0 Å². The van der Waals surface area contributed by atoms with Crippen LogP contribution >= 0.6 is 11.6 Å². The summed E-state index contributed by atoms with van der Waals surface area (Å²) in [6.07, 6.45) is 2.07. The van der Waals surface area contributed by atoms with Crippen molar-refractivity contribution in [2.45, 2.75) is 71.7 Å². The second kappa shape index (κ2) is 11.0. The van der Waals surface area contributed by atoms with Gasteiger partial charge in [-0.3, -0.25) is 0 Å². The molecule has 0 amide bonds. The molecule has 0 bridgehead atoms. The average Bonchev–Trinajstić information content (AvgIpc) is 2.74. The van der Waals surface area contributed by atoms with Gasteiger partial charge in [-0.1, -0.05) is 29.8 Å². The highest BCUT2D eigenvalue weighted by Crippen LogP contribution is 2.29. The molecule has 0 radical (unpaired) electrons. The zero-order valence-corrected chi connectivity index (χ0v) is 22.0. The largest absolute Gasteiger partial charge is 0.470 e. The van der Waals surface area contributed by atoms with Gasteiger partial charge in [-0.25, -0.2) is 8.78 Å². The lowest BCUT2D eigenvalue weighted by Crippen LogP contribution is -2.42. The van der Waals surface area contributed by atoms with Gasteiger partial charge in [0.25, 0.3) is 0 Å². The summed E-state index contributed by atoms with van der Waals surface area (Å²) >= 11 is 5.97. The first-order valence-corrected chi connectivity index (χ1v) is 12.2. The molecule has 1 aliphatic heterocycles. The third kappa shape index (κ3) is 8.29. The topological polar surface area (TPSA) is 47.5 Å². The standard InChI is InChI=1S/C15H21F2NO.C12H13ClN2O/c1-15(2,3)19-14-5-4-6-18(10-14)13-8-11(16)7-12(17)9-13;1-12(2,3)16-11-9-7-5-4-6-8(9)10(13)14-15-11/h7-9,14H,4-6,10H2,1-3H3;4-7H,1-3H3. The maximum absolute atomic E-state index is 13.3. The second-order valence-electron chi connectivity index (χ2n) is 10.6. The molecule has 3 aromatic rings. The number of hydrogen-bond donors (Lipinski definition) is 0. The maximum atomic E-state index is 13.3. The Morgan fingerprint density at radius 1 is 0.914 bits per heavy atom. The normalized spacial score (nSPS) is 16.6. The molecule has 2 heterocycles. The zero-order chi connectivity index (χ0) is 25.8. The molecule has 1 aromatic heterocycles. The van der Waals surface area contributed by atoms with Gasteiger partial charge in [-0.05, 0) is 72.6 Å². The molecule has 0 spiro atoms. The Bertz CT molecular complexity index is 1130. The van der Waals surface area contributed by atoms with Gasteiger partial charge in [0.15, 0.2) is 5.15 Å². The van der Waals surface area contributed by atoms with Gasteiger partial charge in [0.2, 0.25) is 5.88 Å². The molecule has 0 N–H and O–H groups in total. The first-order chi connectivity index (χ1) is 16.3.